The van der Waals surface area contributed by atoms with Crippen molar-refractivity contribution in [2.45, 2.75) is 12.6 Å². The van der Waals surface area contributed by atoms with Crippen molar-refractivity contribution in [3.63, 3.8) is 0 Å². The fourth-order valence-electron chi connectivity index (χ4n) is 1.05. The van der Waals surface area contributed by atoms with Gasteiger partial charge in [-0.2, -0.15) is 0 Å². The summed E-state index contributed by atoms with van der Waals surface area (Å²) in [6, 6.07) is 8.85. The van der Waals surface area contributed by atoms with E-state index in [1.54, 1.807) is 24.3 Å². The molecule has 0 unspecified atom stereocenters. The minimum Gasteiger partial charge on any atom is -0.478 e. The highest BCUT2D eigenvalue weighted by atomic mass is 16.4. The number of benzene rings is 1. The molecule has 0 aliphatic rings. The Labute approximate surface area is 86.4 Å². The van der Waals surface area contributed by atoms with Crippen molar-refractivity contribution in [1.29, 1.82) is 0 Å². The number of carboxylic acids is 1. The van der Waals surface area contributed by atoms with Crippen molar-refractivity contribution >= 4 is 11.9 Å². The fraction of sp³-hybridized carbons (Fsp3) is 0.200. The van der Waals surface area contributed by atoms with Crippen molar-refractivity contribution in [3.05, 3.63) is 35.9 Å². The zero-order valence-corrected chi connectivity index (χ0v) is 7.88. The van der Waals surface area contributed by atoms with Crippen LogP contribution in [-0.4, -0.2) is 28.3 Å². The third-order valence-corrected chi connectivity index (χ3v) is 1.74. The number of aliphatic hydroxyl groups excluding tert-OH is 1. The van der Waals surface area contributed by atoms with Gasteiger partial charge in [-0.25, -0.2) is 4.79 Å². The van der Waals surface area contributed by atoms with Gasteiger partial charge in [0.25, 0.3) is 0 Å². The third kappa shape index (κ3) is 3.78. The summed E-state index contributed by atoms with van der Waals surface area (Å²) in [6.07, 6.45) is -1.80. The van der Waals surface area contributed by atoms with E-state index in [0.29, 0.717) is 0 Å². The highest BCUT2D eigenvalue weighted by Crippen LogP contribution is 1.99. The molecule has 0 spiro atoms. The van der Waals surface area contributed by atoms with Gasteiger partial charge in [-0.1, -0.05) is 30.3 Å². The molecule has 0 aromatic heterocycles. The molecule has 0 heterocycles. The summed E-state index contributed by atoms with van der Waals surface area (Å²) in [5, 5.41) is 19.1. The Morgan fingerprint density at radius 3 is 2.40 bits per heavy atom. The summed E-state index contributed by atoms with van der Waals surface area (Å²) < 4.78 is 0. The monoisotopic (exact) mass is 209 g/mol. The molecule has 1 atom stereocenters. The molecule has 0 bridgehead atoms. The largest absolute Gasteiger partial charge is 0.478 e. The molecular formula is C10H11NO4. The number of hydrogen-bond acceptors (Lipinski definition) is 3. The molecule has 1 aromatic carbocycles. The molecule has 5 nitrogen and oxygen atoms in total. The lowest BCUT2D eigenvalue weighted by molar-refractivity contribution is -0.151. The Morgan fingerprint density at radius 2 is 1.87 bits per heavy atom. The Balaban J connectivity index is 2.47. The predicted octanol–water partition coefficient (Wildman–Crippen LogP) is -0.252. The maximum absolute atomic E-state index is 11.2. The molecule has 0 saturated carbocycles. The molecule has 0 aliphatic carbocycles. The maximum atomic E-state index is 11.2. The van der Waals surface area contributed by atoms with Crippen LogP contribution in [0.4, 0.5) is 0 Å². The molecule has 5 heteroatoms. The summed E-state index contributed by atoms with van der Waals surface area (Å²) in [5.74, 6) is -2.01. The van der Waals surface area contributed by atoms with Gasteiger partial charge in [0.05, 0.1) is 6.42 Å². The van der Waals surface area contributed by atoms with Gasteiger partial charge in [-0.3, -0.25) is 4.79 Å². The van der Waals surface area contributed by atoms with Crippen LogP contribution in [0.2, 0.25) is 0 Å². The predicted molar refractivity (Wildman–Crippen MR) is 51.9 cm³/mol. The highest BCUT2D eigenvalue weighted by molar-refractivity contribution is 5.83. The molecule has 80 valence electrons. The van der Waals surface area contributed by atoms with Gasteiger partial charge < -0.3 is 15.5 Å². The van der Waals surface area contributed by atoms with Crippen LogP contribution in [0.1, 0.15) is 5.56 Å². The van der Waals surface area contributed by atoms with Crippen LogP contribution in [0.5, 0.6) is 0 Å². The average molecular weight is 209 g/mol. The lowest BCUT2D eigenvalue weighted by atomic mass is 10.1. The molecule has 1 aromatic rings. The molecular weight excluding hydrogens is 198 g/mol. The number of carbonyl (C=O) groups is 2. The van der Waals surface area contributed by atoms with Crippen molar-refractivity contribution in [1.82, 2.24) is 5.32 Å². The summed E-state index contributed by atoms with van der Waals surface area (Å²) >= 11 is 0. The lowest BCUT2D eigenvalue weighted by Crippen LogP contribution is -2.41. The van der Waals surface area contributed by atoms with Gasteiger partial charge in [-0.05, 0) is 5.56 Å². The SMILES string of the molecule is O=C(Cc1ccccc1)N[C@@H](O)C(=O)O. The van der Waals surface area contributed by atoms with E-state index < -0.39 is 18.1 Å². The summed E-state index contributed by atoms with van der Waals surface area (Å²) in [6.45, 7) is 0. The number of aliphatic hydroxyl groups is 1. The first-order valence-electron chi connectivity index (χ1n) is 4.34. The Kier molecular flexibility index (Phi) is 3.82. The van der Waals surface area contributed by atoms with E-state index >= 15 is 0 Å². The first-order valence-corrected chi connectivity index (χ1v) is 4.34. The van der Waals surface area contributed by atoms with E-state index in [1.165, 1.54) is 0 Å². The number of rotatable bonds is 4. The van der Waals surface area contributed by atoms with E-state index in [4.69, 9.17) is 10.2 Å². The van der Waals surface area contributed by atoms with Crippen LogP contribution in [0, 0.1) is 0 Å². The van der Waals surface area contributed by atoms with E-state index in [0.717, 1.165) is 5.56 Å². The van der Waals surface area contributed by atoms with Crippen LogP contribution in [-0.2, 0) is 16.0 Å². The Hall–Kier alpha value is -1.88. The zero-order chi connectivity index (χ0) is 11.3. The molecule has 0 radical (unpaired) electrons. The van der Waals surface area contributed by atoms with Crippen LogP contribution in [0.25, 0.3) is 0 Å². The smallest absolute Gasteiger partial charge is 0.353 e. The molecule has 1 amide bonds. The number of nitrogens with one attached hydrogen (secondary N) is 1. The molecule has 0 aliphatic heterocycles. The summed E-state index contributed by atoms with van der Waals surface area (Å²) in [5.41, 5.74) is 0.757. The average Bonchev–Trinajstić information content (AvgIpc) is 2.18. The highest BCUT2D eigenvalue weighted by Gasteiger charge is 2.15. The minimum absolute atomic E-state index is 0.0468. The Morgan fingerprint density at radius 1 is 1.27 bits per heavy atom. The number of carbonyl (C=O) groups excluding carboxylic acids is 1. The third-order valence-electron chi connectivity index (χ3n) is 1.74. The summed E-state index contributed by atoms with van der Waals surface area (Å²) in [7, 11) is 0. The van der Waals surface area contributed by atoms with Crippen molar-refractivity contribution in [2.24, 2.45) is 0 Å². The molecule has 0 fully saturated rings. The van der Waals surface area contributed by atoms with Crippen LogP contribution in [0.15, 0.2) is 30.3 Å². The van der Waals surface area contributed by atoms with Crippen LogP contribution < -0.4 is 5.32 Å². The molecule has 1 rings (SSSR count). The van der Waals surface area contributed by atoms with Gasteiger partial charge in [0.15, 0.2) is 0 Å². The maximum Gasteiger partial charge on any atom is 0.353 e. The second kappa shape index (κ2) is 5.11. The second-order valence-electron chi connectivity index (χ2n) is 2.97. The first kappa shape index (κ1) is 11.2. The number of hydrogen-bond donors (Lipinski definition) is 3. The zero-order valence-electron chi connectivity index (χ0n) is 7.88. The van der Waals surface area contributed by atoms with Crippen LogP contribution in [0.3, 0.4) is 0 Å². The molecule has 0 saturated heterocycles. The van der Waals surface area contributed by atoms with Gasteiger partial charge in [0.1, 0.15) is 0 Å². The Bertz CT molecular complexity index is 350. The molecule has 15 heavy (non-hydrogen) atoms. The second-order valence-corrected chi connectivity index (χ2v) is 2.97. The lowest BCUT2D eigenvalue weighted by Gasteiger charge is -2.07. The standard InChI is InChI=1S/C10H11NO4/c12-8(11-9(13)10(14)15)6-7-4-2-1-3-5-7/h1-5,9,13H,6H2,(H,11,12)(H,14,15)/t9-/m0/s1. The fourth-order valence-corrected chi connectivity index (χ4v) is 1.05. The van der Waals surface area contributed by atoms with E-state index in [-0.39, 0.29) is 6.42 Å². The number of amides is 1. The first-order chi connectivity index (χ1) is 7.09. The van der Waals surface area contributed by atoms with E-state index in [9.17, 15) is 9.59 Å². The molecule has 3 N–H and O–H groups in total. The topological polar surface area (TPSA) is 86.6 Å². The van der Waals surface area contributed by atoms with Gasteiger partial charge in [0, 0.05) is 0 Å². The van der Waals surface area contributed by atoms with Gasteiger partial charge in [0.2, 0.25) is 12.1 Å². The van der Waals surface area contributed by atoms with Crippen molar-refractivity contribution in [3.8, 4) is 0 Å². The van der Waals surface area contributed by atoms with Crippen molar-refractivity contribution in [2.75, 3.05) is 0 Å². The van der Waals surface area contributed by atoms with E-state index in [1.807, 2.05) is 11.4 Å². The van der Waals surface area contributed by atoms with Crippen LogP contribution >= 0.6 is 0 Å². The van der Waals surface area contributed by atoms with Gasteiger partial charge in [-0.15, -0.1) is 0 Å². The quantitative estimate of drug-likeness (QED) is 0.597. The number of aliphatic carboxylic acids is 1. The van der Waals surface area contributed by atoms with Crippen molar-refractivity contribution < 1.29 is 19.8 Å². The number of carboxylic acid groups (broad SMARTS) is 1. The minimum atomic E-state index is -1.85. The summed E-state index contributed by atoms with van der Waals surface area (Å²) in [4.78, 5) is 21.4. The normalized spacial score (nSPS) is 11.8. The van der Waals surface area contributed by atoms with Gasteiger partial charge >= 0.3 is 5.97 Å². The van der Waals surface area contributed by atoms with E-state index in [2.05, 4.69) is 0 Å².